The first-order valence-corrected chi connectivity index (χ1v) is 4.68. The molecule has 0 spiro atoms. The van der Waals surface area contributed by atoms with E-state index in [0.29, 0.717) is 6.29 Å². The lowest BCUT2D eigenvalue weighted by Gasteiger charge is -2.19. The van der Waals surface area contributed by atoms with Crippen molar-refractivity contribution in [1.29, 1.82) is 0 Å². The van der Waals surface area contributed by atoms with E-state index in [1.54, 1.807) is 27.8 Å². The highest BCUT2D eigenvalue weighted by Crippen LogP contribution is 2.11. The van der Waals surface area contributed by atoms with Crippen LogP contribution in [0.25, 0.3) is 0 Å². The highest BCUT2D eigenvalue weighted by atomic mass is 16.6. The van der Waals surface area contributed by atoms with Gasteiger partial charge in [0, 0.05) is 7.05 Å². The Labute approximate surface area is 92.8 Å². The minimum atomic E-state index is -0.670. The van der Waals surface area contributed by atoms with Crippen LogP contribution in [0.15, 0.2) is 0 Å². The molecular weight excluding hydrogens is 212 g/mol. The lowest BCUT2D eigenvalue weighted by atomic mass is 10.2. The highest BCUT2D eigenvalue weighted by Gasteiger charge is 2.19. The summed E-state index contributed by atoms with van der Waals surface area (Å²) in [4.78, 5) is 22.1. The molecule has 1 aromatic rings. The number of nitrogens with one attached hydrogen (secondary N) is 1. The summed E-state index contributed by atoms with van der Waals surface area (Å²) in [7, 11) is 1.55. The fraction of sp³-hybridized carbons (Fsp3) is 0.556. The Kier molecular flexibility index (Phi) is 3.26. The molecule has 88 valence electrons. The number of aromatic nitrogens is 3. The van der Waals surface area contributed by atoms with E-state index >= 15 is 0 Å². The fourth-order valence-electron chi connectivity index (χ4n) is 0.986. The Morgan fingerprint density at radius 3 is 2.62 bits per heavy atom. The van der Waals surface area contributed by atoms with Gasteiger partial charge in [-0.25, -0.2) is 9.48 Å². The van der Waals surface area contributed by atoms with Gasteiger partial charge in [0.1, 0.15) is 11.3 Å². The van der Waals surface area contributed by atoms with Gasteiger partial charge in [-0.2, -0.15) is 0 Å². The van der Waals surface area contributed by atoms with Gasteiger partial charge in [0.15, 0.2) is 12.1 Å². The van der Waals surface area contributed by atoms with Gasteiger partial charge in [-0.1, -0.05) is 5.21 Å². The summed E-state index contributed by atoms with van der Waals surface area (Å²) < 4.78 is 6.27. The molecule has 0 fully saturated rings. The quantitative estimate of drug-likeness (QED) is 0.759. The molecule has 0 atom stereocenters. The molecule has 0 aromatic carbocycles. The lowest BCUT2D eigenvalue weighted by Crippen LogP contribution is -2.27. The SMILES string of the molecule is Cn1nnc(NC(=O)OC(C)(C)C)c1C=O. The molecule has 1 N–H and O–H groups in total. The number of anilines is 1. The zero-order valence-corrected chi connectivity index (χ0v) is 9.64. The van der Waals surface area contributed by atoms with Crippen molar-refractivity contribution in [2.75, 3.05) is 5.32 Å². The predicted octanol–water partition coefficient (Wildman–Crippen LogP) is 0.975. The van der Waals surface area contributed by atoms with Gasteiger partial charge < -0.3 is 4.74 Å². The standard InChI is InChI=1S/C9H14N4O3/c1-9(2,3)16-8(15)10-7-6(5-14)13(4)12-11-7/h5H,1-4H3,(H,10,15). The van der Waals surface area contributed by atoms with Crippen LogP contribution in [0.5, 0.6) is 0 Å². The van der Waals surface area contributed by atoms with Crippen LogP contribution in [0.3, 0.4) is 0 Å². The van der Waals surface area contributed by atoms with Gasteiger partial charge >= 0.3 is 6.09 Å². The van der Waals surface area contributed by atoms with E-state index in [2.05, 4.69) is 15.6 Å². The molecule has 0 unspecified atom stereocenters. The Hall–Kier alpha value is -1.92. The van der Waals surface area contributed by atoms with Crippen molar-refractivity contribution in [3.8, 4) is 0 Å². The van der Waals surface area contributed by atoms with Gasteiger partial charge in [0.05, 0.1) is 0 Å². The second-order valence-electron chi connectivity index (χ2n) is 4.19. The Morgan fingerprint density at radius 2 is 2.12 bits per heavy atom. The summed E-state index contributed by atoms with van der Waals surface area (Å²) >= 11 is 0. The van der Waals surface area contributed by atoms with E-state index in [1.165, 1.54) is 4.68 Å². The second kappa shape index (κ2) is 4.30. The number of carbonyl (C=O) groups is 2. The number of hydrogen-bond acceptors (Lipinski definition) is 5. The largest absolute Gasteiger partial charge is 0.444 e. The van der Waals surface area contributed by atoms with Crippen molar-refractivity contribution in [1.82, 2.24) is 15.0 Å². The molecule has 16 heavy (non-hydrogen) atoms. The van der Waals surface area contributed by atoms with Crippen molar-refractivity contribution in [2.45, 2.75) is 26.4 Å². The zero-order valence-electron chi connectivity index (χ0n) is 9.64. The van der Waals surface area contributed by atoms with Crippen molar-refractivity contribution in [2.24, 2.45) is 7.05 Å². The number of aldehydes is 1. The summed E-state index contributed by atoms with van der Waals surface area (Å²) in [6.07, 6.45) is -0.108. The maximum Gasteiger partial charge on any atom is 0.413 e. The summed E-state index contributed by atoms with van der Waals surface area (Å²) in [5.74, 6) is 0.0896. The van der Waals surface area contributed by atoms with Crippen LogP contribution < -0.4 is 5.32 Å². The molecule has 1 rings (SSSR count). The number of aryl methyl sites for hydroxylation is 1. The molecule has 0 aliphatic carbocycles. The third-order valence-electron chi connectivity index (χ3n) is 1.60. The van der Waals surface area contributed by atoms with Gasteiger partial charge in [-0.3, -0.25) is 10.1 Å². The maximum absolute atomic E-state index is 11.4. The zero-order chi connectivity index (χ0) is 12.3. The van der Waals surface area contributed by atoms with Crippen LogP contribution in [0.2, 0.25) is 0 Å². The first-order chi connectivity index (χ1) is 7.33. The van der Waals surface area contributed by atoms with E-state index in [-0.39, 0.29) is 11.5 Å². The van der Waals surface area contributed by atoms with Crippen LogP contribution in [0.1, 0.15) is 31.3 Å². The number of amides is 1. The maximum atomic E-state index is 11.4. The van der Waals surface area contributed by atoms with Crippen molar-refractivity contribution in [3.05, 3.63) is 5.69 Å². The topological polar surface area (TPSA) is 86.1 Å². The molecule has 7 nitrogen and oxygen atoms in total. The first-order valence-electron chi connectivity index (χ1n) is 4.68. The summed E-state index contributed by atoms with van der Waals surface area (Å²) in [6, 6.07) is 0. The molecule has 7 heteroatoms. The molecule has 0 saturated heterocycles. The molecule has 1 heterocycles. The normalized spacial score (nSPS) is 11.0. The van der Waals surface area contributed by atoms with E-state index < -0.39 is 11.7 Å². The summed E-state index contributed by atoms with van der Waals surface area (Å²) in [6.45, 7) is 5.22. The van der Waals surface area contributed by atoms with E-state index in [0.717, 1.165) is 0 Å². The first kappa shape index (κ1) is 12.2. The highest BCUT2D eigenvalue weighted by molar-refractivity contribution is 5.90. The third kappa shape index (κ3) is 3.04. The predicted molar refractivity (Wildman–Crippen MR) is 56.2 cm³/mol. The lowest BCUT2D eigenvalue weighted by molar-refractivity contribution is 0.0635. The monoisotopic (exact) mass is 226 g/mol. The molecule has 0 saturated carbocycles. The number of ether oxygens (including phenoxy) is 1. The van der Waals surface area contributed by atoms with E-state index in [1.807, 2.05) is 0 Å². The van der Waals surface area contributed by atoms with E-state index in [4.69, 9.17) is 4.74 Å². The molecule has 0 aliphatic rings. The summed E-state index contributed by atoms with van der Waals surface area (Å²) in [5, 5.41) is 9.58. The number of carbonyl (C=O) groups excluding carboxylic acids is 2. The fourth-order valence-corrected chi connectivity index (χ4v) is 0.986. The van der Waals surface area contributed by atoms with Crippen LogP contribution in [0, 0.1) is 0 Å². The van der Waals surface area contributed by atoms with Gasteiger partial charge in [-0.15, -0.1) is 5.10 Å². The minimum Gasteiger partial charge on any atom is -0.444 e. The molecule has 1 aromatic heterocycles. The molecule has 0 radical (unpaired) electrons. The number of hydrogen-bond donors (Lipinski definition) is 1. The molecule has 0 bridgehead atoms. The van der Waals surface area contributed by atoms with Crippen molar-refractivity contribution < 1.29 is 14.3 Å². The molecular formula is C9H14N4O3. The van der Waals surface area contributed by atoms with Crippen LogP contribution in [-0.2, 0) is 11.8 Å². The van der Waals surface area contributed by atoms with Gasteiger partial charge in [0.25, 0.3) is 0 Å². The number of nitrogens with zero attached hydrogens (tertiary/aromatic N) is 3. The van der Waals surface area contributed by atoms with Crippen LogP contribution in [-0.4, -0.2) is 33.0 Å². The molecule has 1 amide bonds. The van der Waals surface area contributed by atoms with Gasteiger partial charge in [-0.05, 0) is 20.8 Å². The van der Waals surface area contributed by atoms with Gasteiger partial charge in [0.2, 0.25) is 0 Å². The Morgan fingerprint density at radius 1 is 1.50 bits per heavy atom. The van der Waals surface area contributed by atoms with Crippen LogP contribution >= 0.6 is 0 Å². The minimum absolute atomic E-state index is 0.0896. The smallest absolute Gasteiger partial charge is 0.413 e. The second-order valence-corrected chi connectivity index (χ2v) is 4.19. The molecule has 0 aliphatic heterocycles. The van der Waals surface area contributed by atoms with Crippen molar-refractivity contribution >= 4 is 18.2 Å². The third-order valence-corrected chi connectivity index (χ3v) is 1.60. The average Bonchev–Trinajstić information content (AvgIpc) is 2.43. The van der Waals surface area contributed by atoms with Crippen molar-refractivity contribution in [3.63, 3.8) is 0 Å². The Bertz CT molecular complexity index is 405. The number of rotatable bonds is 2. The summed E-state index contributed by atoms with van der Waals surface area (Å²) in [5.41, 5.74) is -0.418. The Balaban J connectivity index is 2.74. The average molecular weight is 226 g/mol. The van der Waals surface area contributed by atoms with E-state index in [9.17, 15) is 9.59 Å². The van der Waals surface area contributed by atoms with Crippen LogP contribution in [0.4, 0.5) is 10.6 Å².